The van der Waals surface area contributed by atoms with Crippen LogP contribution in [0.4, 0.5) is 5.69 Å². The molecule has 0 unspecified atom stereocenters. The Morgan fingerprint density at radius 3 is 2.55 bits per heavy atom. The van der Waals surface area contributed by atoms with Gasteiger partial charge in [0, 0.05) is 12.1 Å². The molecule has 0 bridgehead atoms. The number of rotatable bonds is 3. The summed E-state index contributed by atoms with van der Waals surface area (Å²) in [7, 11) is -2.44. The SMILES string of the molecule is CNS(=O)(=O)c1cc2c(cc1N=C(NC#N)SC)OCCO2. The van der Waals surface area contributed by atoms with Gasteiger partial charge in [-0.1, -0.05) is 11.8 Å². The lowest BCUT2D eigenvalue weighted by Crippen LogP contribution is -2.21. The normalized spacial score (nSPS) is 14.3. The summed E-state index contributed by atoms with van der Waals surface area (Å²) >= 11 is 1.18. The van der Waals surface area contributed by atoms with Crippen LogP contribution < -0.4 is 19.5 Å². The maximum absolute atomic E-state index is 12.2. The molecular formula is C12H14N4O4S2. The van der Waals surface area contributed by atoms with Crippen LogP contribution in [-0.2, 0) is 10.0 Å². The highest BCUT2D eigenvalue weighted by atomic mass is 32.2. The summed E-state index contributed by atoms with van der Waals surface area (Å²) in [4.78, 5) is 4.13. The minimum Gasteiger partial charge on any atom is -0.486 e. The molecule has 0 saturated heterocycles. The molecule has 2 N–H and O–H groups in total. The molecule has 118 valence electrons. The first-order valence-electron chi connectivity index (χ1n) is 6.17. The Hall–Kier alpha value is -1.96. The van der Waals surface area contributed by atoms with Crippen LogP contribution in [0.1, 0.15) is 0 Å². The lowest BCUT2D eigenvalue weighted by Gasteiger charge is -2.20. The molecule has 22 heavy (non-hydrogen) atoms. The predicted octanol–water partition coefficient (Wildman–Crippen LogP) is 0.787. The van der Waals surface area contributed by atoms with Gasteiger partial charge in [-0.3, -0.25) is 5.32 Å². The molecule has 2 rings (SSSR count). The molecule has 0 fully saturated rings. The van der Waals surface area contributed by atoms with Gasteiger partial charge >= 0.3 is 0 Å². The van der Waals surface area contributed by atoms with E-state index in [4.69, 9.17) is 14.7 Å². The molecule has 1 aromatic carbocycles. The number of benzene rings is 1. The third kappa shape index (κ3) is 3.44. The first-order chi connectivity index (χ1) is 10.5. The fraction of sp³-hybridized carbons (Fsp3) is 0.333. The zero-order valence-corrected chi connectivity index (χ0v) is 13.5. The van der Waals surface area contributed by atoms with E-state index in [1.807, 2.05) is 0 Å². The van der Waals surface area contributed by atoms with Crippen LogP contribution in [0.3, 0.4) is 0 Å². The minimum absolute atomic E-state index is 0.0504. The number of nitrogens with one attached hydrogen (secondary N) is 2. The van der Waals surface area contributed by atoms with Crippen molar-refractivity contribution < 1.29 is 17.9 Å². The second-order valence-electron chi connectivity index (χ2n) is 4.03. The molecule has 0 amide bonds. The second-order valence-corrected chi connectivity index (χ2v) is 6.68. The van der Waals surface area contributed by atoms with E-state index >= 15 is 0 Å². The molecule has 1 aliphatic heterocycles. The van der Waals surface area contributed by atoms with Crippen molar-refractivity contribution >= 4 is 32.6 Å². The van der Waals surface area contributed by atoms with Gasteiger partial charge in [-0.15, -0.1) is 0 Å². The van der Waals surface area contributed by atoms with E-state index in [2.05, 4.69) is 15.0 Å². The van der Waals surface area contributed by atoms with Gasteiger partial charge in [0.15, 0.2) is 22.9 Å². The molecule has 0 radical (unpaired) electrons. The number of sulfonamides is 1. The summed E-state index contributed by atoms with van der Waals surface area (Å²) in [6.07, 6.45) is 3.47. The third-order valence-corrected chi connectivity index (χ3v) is 4.78. The van der Waals surface area contributed by atoms with Gasteiger partial charge in [0.25, 0.3) is 0 Å². The summed E-state index contributed by atoms with van der Waals surface area (Å²) in [6, 6.07) is 2.84. The molecule has 0 spiro atoms. The maximum atomic E-state index is 12.2. The quantitative estimate of drug-likeness (QED) is 0.361. The van der Waals surface area contributed by atoms with Crippen molar-refractivity contribution in [3.8, 4) is 17.7 Å². The van der Waals surface area contributed by atoms with Crippen molar-refractivity contribution in [2.45, 2.75) is 4.90 Å². The average Bonchev–Trinajstić information content (AvgIpc) is 2.53. The number of thioether (sulfide) groups is 1. The van der Waals surface area contributed by atoms with Crippen molar-refractivity contribution in [1.29, 1.82) is 5.26 Å². The second kappa shape index (κ2) is 6.87. The predicted molar refractivity (Wildman–Crippen MR) is 83.0 cm³/mol. The number of aliphatic imine (C=N–C) groups is 1. The first-order valence-corrected chi connectivity index (χ1v) is 8.87. The highest BCUT2D eigenvalue weighted by Gasteiger charge is 2.23. The largest absolute Gasteiger partial charge is 0.486 e. The fourth-order valence-corrected chi connectivity index (χ4v) is 2.95. The Balaban J connectivity index is 2.62. The molecule has 0 aromatic heterocycles. The number of nitriles is 1. The van der Waals surface area contributed by atoms with E-state index in [-0.39, 0.29) is 15.8 Å². The van der Waals surface area contributed by atoms with E-state index in [9.17, 15) is 8.42 Å². The zero-order chi connectivity index (χ0) is 16.2. The highest BCUT2D eigenvalue weighted by Crippen LogP contribution is 2.39. The monoisotopic (exact) mass is 342 g/mol. The van der Waals surface area contributed by atoms with E-state index in [0.29, 0.717) is 24.7 Å². The molecule has 0 atom stereocenters. The Bertz CT molecular complexity index is 740. The fourth-order valence-electron chi connectivity index (χ4n) is 1.75. The summed E-state index contributed by atoms with van der Waals surface area (Å²) in [5.41, 5.74) is 0.158. The van der Waals surface area contributed by atoms with Gasteiger partial charge in [0.1, 0.15) is 18.1 Å². The number of hydrogen-bond donors (Lipinski definition) is 2. The zero-order valence-electron chi connectivity index (χ0n) is 11.9. The minimum atomic E-state index is -3.74. The molecule has 1 heterocycles. The number of amidine groups is 1. The van der Waals surface area contributed by atoms with Crippen molar-refractivity contribution in [2.24, 2.45) is 4.99 Å². The van der Waals surface area contributed by atoms with Crippen LogP contribution in [0.15, 0.2) is 22.0 Å². The maximum Gasteiger partial charge on any atom is 0.242 e. The molecular weight excluding hydrogens is 328 g/mol. The van der Waals surface area contributed by atoms with E-state index < -0.39 is 10.0 Å². The number of ether oxygens (including phenoxy) is 2. The lowest BCUT2D eigenvalue weighted by atomic mass is 10.2. The standard InChI is InChI=1S/C12H14N4O4S2/c1-14-22(17,18)11-6-10-9(19-3-4-20-10)5-8(11)16-12(21-2)15-7-13/h5-6,14H,3-4H2,1-2H3,(H,15,16). The van der Waals surface area contributed by atoms with Gasteiger partial charge < -0.3 is 9.47 Å². The van der Waals surface area contributed by atoms with Crippen LogP contribution in [0.5, 0.6) is 11.5 Å². The van der Waals surface area contributed by atoms with Gasteiger partial charge in [-0.2, -0.15) is 5.26 Å². The highest BCUT2D eigenvalue weighted by molar-refractivity contribution is 8.13. The van der Waals surface area contributed by atoms with Crippen LogP contribution in [0, 0.1) is 11.5 Å². The van der Waals surface area contributed by atoms with Crippen molar-refractivity contribution in [3.63, 3.8) is 0 Å². The Labute approximate surface area is 132 Å². The number of hydrogen-bond acceptors (Lipinski definition) is 7. The molecule has 1 aromatic rings. The van der Waals surface area contributed by atoms with Crippen LogP contribution in [0.2, 0.25) is 0 Å². The third-order valence-electron chi connectivity index (χ3n) is 2.76. The molecule has 8 nitrogen and oxygen atoms in total. The van der Waals surface area contributed by atoms with Crippen LogP contribution in [-0.4, -0.2) is 40.1 Å². The number of nitrogens with zero attached hydrogens (tertiary/aromatic N) is 2. The number of fused-ring (bicyclic) bond motifs is 1. The van der Waals surface area contributed by atoms with E-state index in [0.717, 1.165) is 0 Å². The Kier molecular flexibility index (Phi) is 5.12. The van der Waals surface area contributed by atoms with Crippen LogP contribution >= 0.6 is 11.8 Å². The smallest absolute Gasteiger partial charge is 0.242 e. The van der Waals surface area contributed by atoms with Gasteiger partial charge in [0.05, 0.1) is 5.69 Å². The van der Waals surface area contributed by atoms with Crippen molar-refractivity contribution in [1.82, 2.24) is 10.0 Å². The summed E-state index contributed by atoms with van der Waals surface area (Å²) < 4.78 is 37.4. The summed E-state index contributed by atoms with van der Waals surface area (Å²) in [5, 5.41) is 11.3. The first kappa shape index (κ1) is 16.4. The Morgan fingerprint density at radius 2 is 2.00 bits per heavy atom. The van der Waals surface area contributed by atoms with E-state index in [1.54, 1.807) is 12.4 Å². The lowest BCUT2D eigenvalue weighted by molar-refractivity contribution is 0.171. The van der Waals surface area contributed by atoms with Gasteiger partial charge in [0.2, 0.25) is 10.0 Å². The van der Waals surface area contributed by atoms with Gasteiger partial charge in [-0.25, -0.2) is 18.1 Å². The molecule has 0 aliphatic carbocycles. The molecule has 0 saturated carbocycles. The summed E-state index contributed by atoms with van der Waals surface area (Å²) in [6.45, 7) is 0.723. The van der Waals surface area contributed by atoms with Crippen molar-refractivity contribution in [2.75, 3.05) is 26.5 Å². The Morgan fingerprint density at radius 1 is 1.36 bits per heavy atom. The van der Waals surface area contributed by atoms with Gasteiger partial charge in [-0.05, 0) is 13.3 Å². The topological polar surface area (TPSA) is 113 Å². The van der Waals surface area contributed by atoms with Crippen LogP contribution in [0.25, 0.3) is 0 Å². The van der Waals surface area contributed by atoms with E-state index in [1.165, 1.54) is 30.9 Å². The average molecular weight is 342 g/mol. The molecule has 1 aliphatic rings. The summed E-state index contributed by atoms with van der Waals surface area (Å²) in [5.74, 6) is 0.760. The van der Waals surface area contributed by atoms with Crippen molar-refractivity contribution in [3.05, 3.63) is 12.1 Å². The molecule has 10 heteroatoms.